The van der Waals surface area contributed by atoms with Crippen molar-refractivity contribution in [1.82, 2.24) is 29.3 Å². The van der Waals surface area contributed by atoms with Crippen molar-refractivity contribution in [1.29, 1.82) is 0 Å². The van der Waals surface area contributed by atoms with Crippen molar-refractivity contribution in [3.8, 4) is 11.8 Å². The van der Waals surface area contributed by atoms with Crippen LogP contribution in [0.4, 0.5) is 0 Å². The number of methoxy groups -OCH3 is 1. The van der Waals surface area contributed by atoms with Crippen molar-refractivity contribution in [3.05, 3.63) is 99.9 Å². The zero-order chi connectivity index (χ0) is 38.8. The molecule has 1 amide bonds. The van der Waals surface area contributed by atoms with Gasteiger partial charge in [0.2, 0.25) is 10.0 Å². The number of carbonyl (C=O) groups is 1. The van der Waals surface area contributed by atoms with Crippen LogP contribution in [0.2, 0.25) is 0 Å². The van der Waals surface area contributed by atoms with Gasteiger partial charge in [-0.25, -0.2) is 18.1 Å². The van der Waals surface area contributed by atoms with Crippen LogP contribution in [0.5, 0.6) is 11.8 Å². The Labute approximate surface area is 316 Å². The largest absolute Gasteiger partial charge is 0.488 e. The normalized spacial score (nSPS) is 16.4. The van der Waals surface area contributed by atoms with Crippen molar-refractivity contribution in [3.63, 3.8) is 0 Å². The van der Waals surface area contributed by atoms with E-state index in [1.165, 1.54) is 10.5 Å². The molecule has 0 bridgehead atoms. The van der Waals surface area contributed by atoms with E-state index in [1.54, 1.807) is 31.4 Å². The number of hydrogen-bond acceptors (Lipinski definition) is 10. The zero-order valence-corrected chi connectivity index (χ0v) is 32.8. The highest BCUT2D eigenvalue weighted by molar-refractivity contribution is 7.89. The Kier molecular flexibility index (Phi) is 11.4. The first-order valence-electron chi connectivity index (χ1n) is 18.3. The van der Waals surface area contributed by atoms with Crippen molar-refractivity contribution < 1.29 is 27.4 Å². The molecule has 2 N–H and O–H groups in total. The van der Waals surface area contributed by atoms with E-state index >= 15 is 0 Å². The molecule has 2 aromatic heterocycles. The minimum Gasteiger partial charge on any atom is -0.488 e. The number of sulfonamides is 1. The lowest BCUT2D eigenvalue weighted by molar-refractivity contribution is 0.0996. The number of hydrogen-bond donors (Lipinski definition) is 1. The zero-order valence-electron chi connectivity index (χ0n) is 32.0. The molecule has 0 radical (unpaired) electrons. The first kappa shape index (κ1) is 38.8. The molecule has 3 aromatic carbocycles. The number of primary amides is 1. The van der Waals surface area contributed by atoms with Gasteiger partial charge in [-0.1, -0.05) is 62.4 Å². The smallest absolute Gasteiger partial charge is 0.316 e. The van der Waals surface area contributed by atoms with E-state index in [2.05, 4.69) is 33.5 Å². The summed E-state index contributed by atoms with van der Waals surface area (Å²) in [4.78, 5) is 22.3. The van der Waals surface area contributed by atoms with Gasteiger partial charge in [0.05, 0.1) is 29.9 Å². The number of ether oxygens (including phenoxy) is 3. The Balaban J connectivity index is 1.51. The van der Waals surface area contributed by atoms with Gasteiger partial charge in [-0.2, -0.15) is 9.29 Å². The fourth-order valence-electron chi connectivity index (χ4n) is 7.36. The Morgan fingerprint density at radius 1 is 1.09 bits per heavy atom. The van der Waals surface area contributed by atoms with E-state index in [0.29, 0.717) is 44.0 Å². The van der Waals surface area contributed by atoms with Crippen molar-refractivity contribution in [2.75, 3.05) is 26.9 Å². The first-order valence-corrected chi connectivity index (χ1v) is 19.7. The minimum atomic E-state index is -3.90. The molecule has 0 spiro atoms. The highest BCUT2D eigenvalue weighted by Gasteiger charge is 2.40. The average molecular weight is 756 g/mol. The molecule has 54 heavy (non-hydrogen) atoms. The van der Waals surface area contributed by atoms with Crippen LogP contribution in [0.15, 0.2) is 65.7 Å². The summed E-state index contributed by atoms with van der Waals surface area (Å²) in [6.07, 6.45) is 2.37. The van der Waals surface area contributed by atoms with Gasteiger partial charge in [0.1, 0.15) is 22.3 Å². The maximum absolute atomic E-state index is 14.2. The SMILES string of the molecule is CC[C@@H]1CN(Cc2cc([C@@H](c3ccc4c(nnn4CC)c3C)C(C)(C)c3nc(OCCCOC)ncc3C(N)=O)ccc2C)S(=O)(=O)c2ccccc2O1. The Hall–Kier alpha value is -4.92. The molecule has 286 valence electrons. The molecule has 13 nitrogen and oxygen atoms in total. The van der Waals surface area contributed by atoms with Crippen LogP contribution in [0, 0.1) is 13.8 Å². The summed E-state index contributed by atoms with van der Waals surface area (Å²) in [5.41, 5.74) is 11.9. The van der Waals surface area contributed by atoms with E-state index in [9.17, 15) is 13.2 Å². The number of nitrogens with two attached hydrogens (primary N) is 1. The quantitative estimate of drug-likeness (QED) is 0.136. The average Bonchev–Trinajstić information content (AvgIpc) is 3.54. The second-order valence-corrected chi connectivity index (χ2v) is 16.2. The fraction of sp³-hybridized carbons (Fsp3) is 0.425. The van der Waals surface area contributed by atoms with E-state index in [4.69, 9.17) is 24.9 Å². The van der Waals surface area contributed by atoms with Gasteiger partial charge in [0.25, 0.3) is 5.91 Å². The molecule has 1 aliphatic heterocycles. The number of aromatic nitrogens is 5. The van der Waals surface area contributed by atoms with E-state index in [1.807, 2.05) is 58.4 Å². The maximum Gasteiger partial charge on any atom is 0.316 e. The molecule has 0 fully saturated rings. The first-order chi connectivity index (χ1) is 25.8. The molecular weight excluding hydrogens is 707 g/mol. The van der Waals surface area contributed by atoms with Gasteiger partial charge in [0, 0.05) is 50.8 Å². The molecule has 0 saturated carbocycles. The summed E-state index contributed by atoms with van der Waals surface area (Å²) in [5, 5.41) is 8.94. The van der Waals surface area contributed by atoms with Crippen LogP contribution in [-0.4, -0.2) is 76.6 Å². The van der Waals surface area contributed by atoms with E-state index in [0.717, 1.165) is 38.9 Å². The Morgan fingerprint density at radius 2 is 1.87 bits per heavy atom. The third-order valence-electron chi connectivity index (χ3n) is 10.4. The number of carbonyl (C=O) groups excluding carboxylic acids is 1. The second-order valence-electron chi connectivity index (χ2n) is 14.3. The monoisotopic (exact) mass is 755 g/mol. The molecule has 2 atom stereocenters. The third kappa shape index (κ3) is 7.42. The fourth-order valence-corrected chi connectivity index (χ4v) is 8.93. The molecule has 0 aliphatic carbocycles. The summed E-state index contributed by atoms with van der Waals surface area (Å²) >= 11 is 0. The maximum atomic E-state index is 14.2. The third-order valence-corrected chi connectivity index (χ3v) is 12.2. The standard InChI is InChI=1S/C40H49N7O6S/c1-8-29-24-46(54(49,50)34-14-11-10-13-33(34)53-29)23-28-21-27(16-15-25(28)3)35(30-17-18-32-36(26(30)4)44-45-47(32)9-2)40(5,6)37-31(38(41)48)22-42-39(43-37)52-20-12-19-51-7/h10-11,13-18,21-22,29,35H,8-9,12,19-20,23-24H2,1-7H3,(H2,41,48)/t29-,35+/m1/s1. The summed E-state index contributed by atoms with van der Waals surface area (Å²) in [7, 11) is -2.27. The van der Waals surface area contributed by atoms with Crippen LogP contribution < -0.4 is 15.2 Å². The lowest BCUT2D eigenvalue weighted by atomic mass is 9.67. The molecule has 0 saturated heterocycles. The summed E-state index contributed by atoms with van der Waals surface area (Å²) in [6.45, 7) is 13.9. The van der Waals surface area contributed by atoms with Gasteiger partial charge in [0.15, 0.2) is 0 Å². The number of aryl methyl sites for hydroxylation is 3. The number of nitrogens with zero attached hydrogens (tertiary/aromatic N) is 6. The molecule has 3 heterocycles. The number of rotatable bonds is 14. The van der Waals surface area contributed by atoms with Crippen molar-refractivity contribution >= 4 is 27.0 Å². The van der Waals surface area contributed by atoms with E-state index < -0.39 is 27.3 Å². The lowest BCUT2D eigenvalue weighted by Gasteiger charge is -2.37. The van der Waals surface area contributed by atoms with Crippen LogP contribution in [0.3, 0.4) is 0 Å². The van der Waals surface area contributed by atoms with Crippen LogP contribution in [0.25, 0.3) is 11.0 Å². The lowest BCUT2D eigenvalue weighted by Crippen LogP contribution is -2.36. The highest BCUT2D eigenvalue weighted by atomic mass is 32.2. The van der Waals surface area contributed by atoms with Gasteiger partial charge < -0.3 is 19.9 Å². The molecule has 1 aliphatic rings. The summed E-state index contributed by atoms with van der Waals surface area (Å²) in [5.74, 6) is -0.734. The van der Waals surface area contributed by atoms with Gasteiger partial charge in [-0.05, 0) is 73.2 Å². The summed E-state index contributed by atoms with van der Waals surface area (Å²) < 4.78 is 49.0. The second kappa shape index (κ2) is 15.8. The van der Waals surface area contributed by atoms with Gasteiger partial charge in [-0.3, -0.25) is 4.79 Å². The highest BCUT2D eigenvalue weighted by Crippen LogP contribution is 2.46. The van der Waals surface area contributed by atoms with Crippen LogP contribution in [-0.2, 0) is 33.3 Å². The molecule has 6 rings (SSSR count). The predicted octanol–water partition coefficient (Wildman–Crippen LogP) is 5.84. The number of benzene rings is 3. The van der Waals surface area contributed by atoms with Gasteiger partial charge >= 0.3 is 6.01 Å². The Morgan fingerprint density at radius 3 is 2.59 bits per heavy atom. The topological polar surface area (TPSA) is 165 Å². The molecular formula is C40H49N7O6S. The predicted molar refractivity (Wildman–Crippen MR) is 205 cm³/mol. The van der Waals surface area contributed by atoms with E-state index in [-0.39, 0.29) is 35.7 Å². The minimum absolute atomic E-state index is 0.125. The number of para-hydroxylation sites is 1. The molecule has 0 unspecified atom stereocenters. The van der Waals surface area contributed by atoms with Crippen LogP contribution >= 0.6 is 0 Å². The molecule has 14 heteroatoms. The number of amides is 1. The van der Waals surface area contributed by atoms with Crippen molar-refractivity contribution in [2.45, 2.75) is 89.8 Å². The number of fused-ring (bicyclic) bond motifs is 2. The van der Waals surface area contributed by atoms with Crippen LogP contribution in [0.1, 0.15) is 90.3 Å². The summed E-state index contributed by atoms with van der Waals surface area (Å²) in [6, 6.07) is 17.1. The van der Waals surface area contributed by atoms with Crippen molar-refractivity contribution in [2.24, 2.45) is 5.73 Å². The Bertz CT molecular complexity index is 2270. The molecule has 5 aromatic rings. The van der Waals surface area contributed by atoms with Gasteiger partial charge in [-0.15, -0.1) is 5.10 Å².